The summed E-state index contributed by atoms with van der Waals surface area (Å²) in [5, 5.41) is 11.9. The highest BCUT2D eigenvalue weighted by atomic mass is 31.2. The normalized spacial score (nSPS) is 38.6. The molecule has 9 nitrogen and oxygen atoms in total. The number of rotatable bonds is 7. The average molecular weight is 635 g/mol. The summed E-state index contributed by atoms with van der Waals surface area (Å²) in [5.74, 6) is -0.860. The van der Waals surface area contributed by atoms with Crippen molar-refractivity contribution in [3.8, 4) is 0 Å². The summed E-state index contributed by atoms with van der Waals surface area (Å²) in [6.07, 6.45) is 5.77. The molecule has 3 N–H and O–H groups in total. The number of aliphatic hydroxyl groups is 1. The molecule has 5 aliphatic rings. The maximum atomic E-state index is 14.2. The zero-order valence-electron chi connectivity index (χ0n) is 25.4. The third kappa shape index (κ3) is 4.95. The SMILES string of the molecule is C[C@]12C=CC(=O)C=C1CC[C@@H]1[C@@H]2[C@@H](O)C[C@@]2(C)[C@H]1C[C@H]1O[C@@H](c3ccc(Cc4ccccc4)cc3)O[C@]12C(=O)COP(=O)(O)O. The summed E-state index contributed by atoms with van der Waals surface area (Å²) in [6, 6.07) is 18.0. The van der Waals surface area contributed by atoms with Gasteiger partial charge in [0.05, 0.1) is 12.2 Å². The van der Waals surface area contributed by atoms with E-state index in [4.69, 9.17) is 14.0 Å². The number of fused-ring (bicyclic) bond motifs is 7. The van der Waals surface area contributed by atoms with E-state index in [0.717, 1.165) is 29.5 Å². The molecule has 0 bridgehead atoms. The highest BCUT2D eigenvalue weighted by Gasteiger charge is 2.76. The molecule has 238 valence electrons. The van der Waals surface area contributed by atoms with Gasteiger partial charge in [-0.3, -0.25) is 14.1 Å². The fraction of sp³-hybridized carbons (Fsp3) is 0.486. The summed E-state index contributed by atoms with van der Waals surface area (Å²) in [7, 11) is -4.94. The Balaban J connectivity index is 1.21. The zero-order valence-corrected chi connectivity index (χ0v) is 26.3. The third-order valence-corrected chi connectivity index (χ3v) is 12.0. The molecule has 0 radical (unpaired) electrons. The van der Waals surface area contributed by atoms with Crippen LogP contribution in [0.3, 0.4) is 0 Å². The second-order valence-electron chi connectivity index (χ2n) is 13.8. The predicted octanol–water partition coefficient (Wildman–Crippen LogP) is 5.00. The summed E-state index contributed by atoms with van der Waals surface area (Å²) < 4.78 is 29.7. The van der Waals surface area contributed by atoms with Crippen molar-refractivity contribution < 1.29 is 43.0 Å². The number of benzene rings is 2. The second kappa shape index (κ2) is 10.9. The maximum absolute atomic E-state index is 14.2. The molecule has 1 aliphatic heterocycles. The lowest BCUT2D eigenvalue weighted by Gasteiger charge is -2.59. The number of allylic oxidation sites excluding steroid dienone is 4. The summed E-state index contributed by atoms with van der Waals surface area (Å²) in [5.41, 5.74) is 1.09. The quantitative estimate of drug-likeness (QED) is 0.359. The maximum Gasteiger partial charge on any atom is 0.470 e. The molecule has 0 amide bonds. The minimum absolute atomic E-state index is 0.0136. The van der Waals surface area contributed by atoms with Crippen LogP contribution in [0.25, 0.3) is 0 Å². The Morgan fingerprint density at radius 2 is 1.78 bits per heavy atom. The molecule has 2 aromatic rings. The number of hydrogen-bond donors (Lipinski definition) is 3. The Morgan fingerprint density at radius 3 is 2.49 bits per heavy atom. The molecule has 1 saturated heterocycles. The first-order valence-corrected chi connectivity index (χ1v) is 17.2. The van der Waals surface area contributed by atoms with Crippen LogP contribution in [-0.4, -0.2) is 50.9 Å². The van der Waals surface area contributed by atoms with E-state index in [-0.39, 0.29) is 30.0 Å². The van der Waals surface area contributed by atoms with E-state index in [1.165, 1.54) is 5.56 Å². The van der Waals surface area contributed by atoms with Crippen molar-refractivity contribution >= 4 is 19.4 Å². The number of phosphoric ester groups is 1. The van der Waals surface area contributed by atoms with Gasteiger partial charge in [-0.05, 0) is 67.2 Å². The van der Waals surface area contributed by atoms with Gasteiger partial charge in [0.1, 0.15) is 6.61 Å². The van der Waals surface area contributed by atoms with Gasteiger partial charge in [0.15, 0.2) is 23.5 Å². The number of carbonyl (C=O) groups is 2. The van der Waals surface area contributed by atoms with Gasteiger partial charge in [0, 0.05) is 22.3 Å². The Morgan fingerprint density at radius 1 is 1.07 bits per heavy atom. The van der Waals surface area contributed by atoms with Crippen molar-refractivity contribution in [1.82, 2.24) is 0 Å². The first-order chi connectivity index (χ1) is 21.3. The minimum atomic E-state index is -4.94. The van der Waals surface area contributed by atoms with E-state index < -0.39 is 55.1 Å². The van der Waals surface area contributed by atoms with Crippen LogP contribution in [0.5, 0.6) is 0 Å². The van der Waals surface area contributed by atoms with Crippen LogP contribution in [0.15, 0.2) is 78.4 Å². The zero-order chi connectivity index (χ0) is 31.8. The lowest BCUT2D eigenvalue weighted by molar-refractivity contribution is -0.200. The van der Waals surface area contributed by atoms with E-state index >= 15 is 0 Å². The van der Waals surface area contributed by atoms with Gasteiger partial charge in [-0.25, -0.2) is 4.57 Å². The molecule has 10 heteroatoms. The van der Waals surface area contributed by atoms with Crippen LogP contribution in [0, 0.1) is 28.6 Å². The van der Waals surface area contributed by atoms with Gasteiger partial charge >= 0.3 is 7.82 Å². The molecular formula is C35H39O9P. The molecule has 1 heterocycles. The number of Topliss-reactive ketones (excluding diaryl/α,β-unsaturated/α-hetero) is 1. The van der Waals surface area contributed by atoms with Crippen LogP contribution >= 0.6 is 7.82 Å². The monoisotopic (exact) mass is 634 g/mol. The van der Waals surface area contributed by atoms with Gasteiger partial charge in [0.25, 0.3) is 0 Å². The number of ether oxygens (including phenoxy) is 2. The Labute approximate surface area is 262 Å². The van der Waals surface area contributed by atoms with Crippen LogP contribution in [-0.2, 0) is 34.6 Å². The van der Waals surface area contributed by atoms with Crippen molar-refractivity contribution in [1.29, 1.82) is 0 Å². The molecule has 0 spiro atoms. The van der Waals surface area contributed by atoms with Gasteiger partial charge < -0.3 is 24.4 Å². The Hall–Kier alpha value is -2.75. The molecule has 9 atom stereocenters. The summed E-state index contributed by atoms with van der Waals surface area (Å²) >= 11 is 0. The molecule has 7 rings (SSSR count). The smallest absolute Gasteiger partial charge is 0.393 e. The largest absolute Gasteiger partial charge is 0.470 e. The molecular weight excluding hydrogens is 595 g/mol. The fourth-order valence-corrected chi connectivity index (χ4v) is 9.88. The third-order valence-electron chi connectivity index (χ3n) is 11.5. The molecule has 4 aliphatic carbocycles. The Kier molecular flexibility index (Phi) is 7.49. The molecule has 0 aromatic heterocycles. The van der Waals surface area contributed by atoms with Gasteiger partial charge in [-0.2, -0.15) is 0 Å². The molecule has 2 aromatic carbocycles. The minimum Gasteiger partial charge on any atom is -0.393 e. The van der Waals surface area contributed by atoms with Gasteiger partial charge in [0.2, 0.25) is 0 Å². The van der Waals surface area contributed by atoms with Gasteiger partial charge in [-0.1, -0.05) is 80.1 Å². The summed E-state index contributed by atoms with van der Waals surface area (Å²) in [4.78, 5) is 45.3. The van der Waals surface area contributed by atoms with Crippen LogP contribution in [0.4, 0.5) is 0 Å². The number of phosphoric acid groups is 1. The predicted molar refractivity (Wildman–Crippen MR) is 164 cm³/mol. The lowest BCUT2D eigenvalue weighted by Crippen LogP contribution is -2.63. The number of hydrogen-bond acceptors (Lipinski definition) is 7. The van der Waals surface area contributed by atoms with Crippen molar-refractivity contribution in [2.24, 2.45) is 28.6 Å². The van der Waals surface area contributed by atoms with Crippen molar-refractivity contribution in [2.75, 3.05) is 6.61 Å². The van der Waals surface area contributed by atoms with E-state index in [1.807, 2.05) is 55.5 Å². The van der Waals surface area contributed by atoms with Gasteiger partial charge in [-0.15, -0.1) is 0 Å². The number of ketones is 2. The first-order valence-electron chi connectivity index (χ1n) is 15.7. The summed E-state index contributed by atoms with van der Waals surface area (Å²) in [6.45, 7) is 3.20. The van der Waals surface area contributed by atoms with Crippen LogP contribution in [0.1, 0.15) is 62.5 Å². The molecule has 4 fully saturated rings. The molecule has 3 saturated carbocycles. The van der Waals surface area contributed by atoms with Crippen LogP contribution in [0.2, 0.25) is 0 Å². The molecule has 0 unspecified atom stereocenters. The average Bonchev–Trinajstić information content (AvgIpc) is 3.50. The first kappa shape index (κ1) is 30.9. The second-order valence-corrected chi connectivity index (χ2v) is 15.1. The number of carbonyl (C=O) groups excluding carboxylic acids is 2. The van der Waals surface area contributed by atoms with E-state index in [1.54, 1.807) is 12.2 Å². The van der Waals surface area contributed by atoms with Crippen LogP contribution < -0.4 is 0 Å². The standard InChI is InChI=1S/C35H39O9P/c1-33-15-14-25(36)17-24(33)12-13-26-27-18-30-35(29(38)20-42-45(39,40)41,34(27,2)19-28(37)31(26)33)44-32(43-30)23-10-8-22(9-11-23)16-21-6-4-3-5-7-21/h3-11,14-15,17,26-28,30-32,37H,12-13,16,18-20H2,1-2H3,(H2,39,40,41)/t26-,27-,28-,30+,31+,32+,33-,34-,35+/m0/s1. The highest BCUT2D eigenvalue weighted by molar-refractivity contribution is 7.46. The number of aliphatic hydroxyl groups excluding tert-OH is 1. The van der Waals surface area contributed by atoms with E-state index in [2.05, 4.69) is 19.1 Å². The van der Waals surface area contributed by atoms with E-state index in [0.29, 0.717) is 12.8 Å². The van der Waals surface area contributed by atoms with Crippen molar-refractivity contribution in [2.45, 2.75) is 70.1 Å². The van der Waals surface area contributed by atoms with Crippen molar-refractivity contribution in [3.63, 3.8) is 0 Å². The van der Waals surface area contributed by atoms with E-state index in [9.17, 15) is 29.0 Å². The fourth-order valence-electron chi connectivity index (χ4n) is 9.59. The Bertz CT molecular complexity index is 1610. The van der Waals surface area contributed by atoms with Crippen molar-refractivity contribution in [3.05, 3.63) is 95.1 Å². The lowest BCUT2D eigenvalue weighted by atomic mass is 9.46. The topological polar surface area (TPSA) is 140 Å². The highest BCUT2D eigenvalue weighted by Crippen LogP contribution is 2.70. The molecule has 45 heavy (non-hydrogen) atoms.